The number of benzene rings is 3. The Morgan fingerprint density at radius 1 is 1.07 bits per heavy atom. The minimum absolute atomic E-state index is 0.0739. The van der Waals surface area contributed by atoms with Gasteiger partial charge in [0.05, 0.1) is 30.5 Å². The molecule has 11 nitrogen and oxygen atoms in total. The Hall–Kier alpha value is -5.34. The number of rotatable bonds is 12. The normalized spacial score (nSPS) is 17.0. The third kappa shape index (κ3) is 6.99. The summed E-state index contributed by atoms with van der Waals surface area (Å²) in [5.41, 5.74) is 4.46. The Bertz CT molecular complexity index is 1550. The van der Waals surface area contributed by atoms with Gasteiger partial charge >= 0.3 is 6.03 Å². The van der Waals surface area contributed by atoms with Gasteiger partial charge in [-0.05, 0) is 41.0 Å². The van der Waals surface area contributed by atoms with Crippen molar-refractivity contribution in [1.82, 2.24) is 20.4 Å². The van der Waals surface area contributed by atoms with Crippen LogP contribution in [0.5, 0.6) is 5.75 Å². The summed E-state index contributed by atoms with van der Waals surface area (Å²) in [5, 5.41) is 26.7. The summed E-state index contributed by atoms with van der Waals surface area (Å²) >= 11 is 0. The van der Waals surface area contributed by atoms with Crippen LogP contribution in [0.15, 0.2) is 85.5 Å². The quantitative estimate of drug-likeness (QED) is 0.109. The summed E-state index contributed by atoms with van der Waals surface area (Å²) in [4.78, 5) is 46.2. The van der Waals surface area contributed by atoms with Gasteiger partial charge in [-0.3, -0.25) is 9.59 Å². The van der Waals surface area contributed by atoms with Crippen molar-refractivity contribution in [2.75, 3.05) is 31.1 Å². The first-order valence-corrected chi connectivity index (χ1v) is 14.5. The predicted octanol–water partition coefficient (Wildman–Crippen LogP) is 1.72. The number of quaternary nitrogens is 1. The van der Waals surface area contributed by atoms with Gasteiger partial charge in [0.25, 0.3) is 5.91 Å². The van der Waals surface area contributed by atoms with Crippen molar-refractivity contribution in [3.63, 3.8) is 0 Å². The van der Waals surface area contributed by atoms with Crippen molar-refractivity contribution >= 4 is 29.2 Å². The van der Waals surface area contributed by atoms with E-state index in [2.05, 4.69) is 23.3 Å². The summed E-state index contributed by atoms with van der Waals surface area (Å²) in [6.07, 6.45) is 1.08. The van der Waals surface area contributed by atoms with Crippen molar-refractivity contribution < 1.29 is 24.8 Å². The molecule has 2 aliphatic rings. The molecule has 0 aliphatic carbocycles. The number of phenols is 1. The first kappa shape index (κ1) is 30.1. The molecule has 4 amide bonds. The van der Waals surface area contributed by atoms with Crippen LogP contribution in [-0.4, -0.2) is 71.1 Å². The molecule has 0 bridgehead atoms. The molecule has 3 aromatic carbocycles. The van der Waals surface area contributed by atoms with Gasteiger partial charge in [0.15, 0.2) is 6.54 Å². The number of hydrogen-bond acceptors (Lipinski definition) is 6. The lowest BCUT2D eigenvalue weighted by Crippen LogP contribution is -2.87. The molecule has 0 saturated carbocycles. The average molecular weight is 595 g/mol. The van der Waals surface area contributed by atoms with E-state index in [0.717, 1.165) is 28.1 Å². The van der Waals surface area contributed by atoms with E-state index in [4.69, 9.17) is 0 Å². The fourth-order valence-electron chi connectivity index (χ4n) is 5.61. The zero-order chi connectivity index (χ0) is 31.1. The second-order valence-electron chi connectivity index (χ2n) is 10.8. The third-order valence-electron chi connectivity index (χ3n) is 7.76. The van der Waals surface area contributed by atoms with E-state index < -0.39 is 18.2 Å². The van der Waals surface area contributed by atoms with Crippen molar-refractivity contribution in [1.29, 1.82) is 5.26 Å². The van der Waals surface area contributed by atoms with E-state index in [1.165, 1.54) is 4.90 Å². The summed E-state index contributed by atoms with van der Waals surface area (Å²) in [6.45, 7) is 5.17. The number of nitriles is 1. The molecule has 2 unspecified atom stereocenters. The number of aromatic hydroxyl groups is 1. The number of urea groups is 1. The summed E-state index contributed by atoms with van der Waals surface area (Å²) in [6, 6.07) is 22.6. The molecule has 0 aromatic heterocycles. The molecule has 44 heavy (non-hydrogen) atoms. The van der Waals surface area contributed by atoms with E-state index >= 15 is 0 Å². The Labute approximate surface area is 256 Å². The first-order chi connectivity index (χ1) is 21.4. The lowest BCUT2D eigenvalue weighted by atomic mass is 9.99. The lowest BCUT2D eigenvalue weighted by molar-refractivity contribution is -0.635. The highest BCUT2D eigenvalue weighted by Gasteiger charge is 2.45. The van der Waals surface area contributed by atoms with E-state index in [1.807, 2.05) is 53.4 Å². The number of para-hydroxylation sites is 1. The van der Waals surface area contributed by atoms with Gasteiger partial charge in [-0.2, -0.15) is 5.26 Å². The van der Waals surface area contributed by atoms with E-state index in [9.17, 15) is 24.8 Å². The molecular formula is C33H36N7O4+. The number of amides is 4. The van der Waals surface area contributed by atoms with Gasteiger partial charge in [-0.15, -0.1) is 0 Å². The maximum absolute atomic E-state index is 14.2. The number of piperazine rings is 1. The molecule has 3 aromatic rings. The van der Waals surface area contributed by atoms with Gasteiger partial charge in [-0.1, -0.05) is 61.2 Å². The monoisotopic (exact) mass is 594 g/mol. The smallest absolute Gasteiger partial charge is 0.316 e. The zero-order valence-corrected chi connectivity index (χ0v) is 24.4. The van der Waals surface area contributed by atoms with Gasteiger partial charge < -0.3 is 35.8 Å². The number of nitrogens with one attached hydrogen (secondary N) is 2. The SMILES string of the molecule is C=CC[NH2+]CC(=O)N1C(NC(=O)NCc2ccccc2)CN(Cc2cccc3c2N3CC#N)C(=O)C1Cc1ccc(O)cc1. The van der Waals surface area contributed by atoms with Crippen LogP contribution < -0.4 is 20.9 Å². The number of carbonyl (C=O) groups excluding carboxylic acids is 3. The molecule has 1 saturated heterocycles. The number of nitrogens with zero attached hydrogens (tertiary/aromatic N) is 4. The van der Waals surface area contributed by atoms with Gasteiger partial charge in [0, 0.05) is 19.5 Å². The number of anilines is 2. The summed E-state index contributed by atoms with van der Waals surface area (Å²) in [5.74, 6) is -0.438. The minimum Gasteiger partial charge on any atom is -0.508 e. The molecular weight excluding hydrogens is 558 g/mol. The molecule has 2 heterocycles. The number of carbonyl (C=O) groups is 3. The summed E-state index contributed by atoms with van der Waals surface area (Å²) < 4.78 is 0. The van der Waals surface area contributed by atoms with Crippen molar-refractivity contribution in [3.05, 3.63) is 102 Å². The van der Waals surface area contributed by atoms with E-state index in [1.54, 1.807) is 40.6 Å². The van der Waals surface area contributed by atoms with Crippen LogP contribution in [0.4, 0.5) is 16.2 Å². The maximum Gasteiger partial charge on any atom is 0.316 e. The topological polar surface area (TPSA) is 145 Å². The molecule has 11 heteroatoms. The highest BCUT2D eigenvalue weighted by molar-refractivity contribution is 5.96. The van der Waals surface area contributed by atoms with Gasteiger partial charge in [0.2, 0.25) is 5.91 Å². The Morgan fingerprint density at radius 2 is 1.84 bits per heavy atom. The fraction of sp³-hybridized carbons (Fsp3) is 0.273. The average Bonchev–Trinajstić information content (AvgIpc) is 3.74. The van der Waals surface area contributed by atoms with Crippen LogP contribution in [0.1, 0.15) is 16.7 Å². The molecule has 0 radical (unpaired) electrons. The number of hydrogen-bond donors (Lipinski definition) is 4. The number of nitrogens with two attached hydrogens (primary N) is 1. The van der Waals surface area contributed by atoms with Crippen molar-refractivity contribution in [3.8, 4) is 11.8 Å². The summed E-state index contributed by atoms with van der Waals surface area (Å²) in [7, 11) is 0. The molecule has 2 atom stereocenters. The fourth-order valence-corrected chi connectivity index (χ4v) is 5.61. The van der Waals surface area contributed by atoms with Gasteiger partial charge in [-0.25, -0.2) is 4.79 Å². The Balaban J connectivity index is 1.43. The largest absolute Gasteiger partial charge is 0.508 e. The first-order valence-electron chi connectivity index (χ1n) is 14.5. The maximum atomic E-state index is 14.2. The van der Waals surface area contributed by atoms with E-state index in [-0.39, 0.29) is 50.2 Å². The lowest BCUT2D eigenvalue weighted by Gasteiger charge is -2.46. The molecule has 2 aliphatic heterocycles. The molecule has 5 rings (SSSR count). The second kappa shape index (κ2) is 13.8. The minimum atomic E-state index is -0.903. The highest BCUT2D eigenvalue weighted by atomic mass is 16.3. The molecule has 1 fully saturated rings. The number of phenolic OH excluding ortho intramolecular Hbond substituents is 1. The molecule has 0 spiro atoms. The van der Waals surface area contributed by atoms with Crippen LogP contribution in [-0.2, 0) is 29.1 Å². The zero-order valence-electron chi connectivity index (χ0n) is 24.4. The van der Waals surface area contributed by atoms with Crippen LogP contribution in [0.25, 0.3) is 0 Å². The standard InChI is InChI=1S/C33H35N7O4/c1-2-16-35-20-30(42)40-28(18-23-11-13-26(41)14-12-23)32(43)38(21-25-9-6-10-27-31(25)39(27)17-15-34)22-29(40)37-33(44)36-19-24-7-4-3-5-8-24/h2-14,28-29,35,41H,1,16-22H2,(H2,36,37,44)/p+1. The third-order valence-corrected chi connectivity index (χ3v) is 7.76. The Morgan fingerprint density at radius 3 is 2.57 bits per heavy atom. The van der Waals surface area contributed by atoms with Crippen molar-refractivity contribution in [2.45, 2.75) is 31.7 Å². The second-order valence-corrected chi connectivity index (χ2v) is 10.8. The molecule has 5 N–H and O–H groups in total. The van der Waals surface area contributed by atoms with E-state index in [0.29, 0.717) is 13.1 Å². The predicted molar refractivity (Wildman–Crippen MR) is 164 cm³/mol. The van der Waals surface area contributed by atoms with Gasteiger partial charge in [0.1, 0.15) is 24.5 Å². The highest BCUT2D eigenvalue weighted by Crippen LogP contribution is 2.50. The van der Waals surface area contributed by atoms with Crippen LogP contribution >= 0.6 is 0 Å². The Kier molecular flexibility index (Phi) is 9.42. The van der Waals surface area contributed by atoms with Crippen LogP contribution in [0, 0.1) is 11.3 Å². The molecule has 226 valence electrons. The van der Waals surface area contributed by atoms with Crippen LogP contribution in [0.2, 0.25) is 0 Å². The van der Waals surface area contributed by atoms with Crippen molar-refractivity contribution in [2.24, 2.45) is 0 Å². The van der Waals surface area contributed by atoms with Crippen LogP contribution in [0.3, 0.4) is 0 Å². The number of fused-ring (bicyclic) bond motifs is 1.